The van der Waals surface area contributed by atoms with E-state index in [2.05, 4.69) is 0 Å². The third kappa shape index (κ3) is 1.92. The molecule has 1 aliphatic carbocycles. The number of likely N-dealkylation sites (N-methyl/N-ethyl adjacent to an activating group) is 1. The first kappa shape index (κ1) is 9.97. The van der Waals surface area contributed by atoms with Gasteiger partial charge >= 0.3 is 0 Å². The number of hydrogen-bond acceptors (Lipinski definition) is 2. The van der Waals surface area contributed by atoms with Crippen molar-refractivity contribution in [1.29, 1.82) is 0 Å². The summed E-state index contributed by atoms with van der Waals surface area (Å²) in [5.74, 6) is 0.646. The van der Waals surface area contributed by atoms with Crippen molar-refractivity contribution in [2.75, 3.05) is 20.3 Å². The molecule has 1 saturated heterocycles. The van der Waals surface area contributed by atoms with Crippen LogP contribution in [0.3, 0.4) is 0 Å². The fraction of sp³-hybridized carbons (Fsp3) is 0.909. The van der Waals surface area contributed by atoms with E-state index in [4.69, 9.17) is 4.74 Å². The van der Waals surface area contributed by atoms with E-state index in [1.807, 2.05) is 11.9 Å². The number of amides is 1. The summed E-state index contributed by atoms with van der Waals surface area (Å²) in [5, 5.41) is 0. The second-order valence-electron chi connectivity index (χ2n) is 4.48. The summed E-state index contributed by atoms with van der Waals surface area (Å²) in [6.45, 7) is 1.46. The molecule has 0 aromatic carbocycles. The number of hydrogen-bond donors (Lipinski definition) is 0. The van der Waals surface area contributed by atoms with Crippen LogP contribution < -0.4 is 0 Å². The highest BCUT2D eigenvalue weighted by Gasteiger charge is 2.31. The Labute approximate surface area is 85.4 Å². The molecule has 1 saturated carbocycles. The Morgan fingerprint density at radius 1 is 1.21 bits per heavy atom. The van der Waals surface area contributed by atoms with E-state index < -0.39 is 0 Å². The molecule has 1 amide bonds. The first-order valence-corrected chi connectivity index (χ1v) is 5.63. The number of nitrogens with zero attached hydrogens (tertiary/aromatic N) is 1. The number of carbonyl (C=O) groups excluding carboxylic acids is 1. The third-order valence-electron chi connectivity index (χ3n) is 3.47. The minimum absolute atomic E-state index is 0.300. The van der Waals surface area contributed by atoms with Crippen molar-refractivity contribution in [3.63, 3.8) is 0 Å². The first-order chi connectivity index (χ1) is 6.79. The van der Waals surface area contributed by atoms with E-state index in [0.717, 1.165) is 26.1 Å². The van der Waals surface area contributed by atoms with Crippen LogP contribution in [0.4, 0.5) is 0 Å². The average molecular weight is 197 g/mol. The molecule has 1 heterocycles. The summed E-state index contributed by atoms with van der Waals surface area (Å²) in [4.78, 5) is 13.9. The van der Waals surface area contributed by atoms with Crippen LogP contribution in [0.25, 0.3) is 0 Å². The summed E-state index contributed by atoms with van der Waals surface area (Å²) < 4.78 is 5.10. The zero-order valence-electron chi connectivity index (χ0n) is 8.87. The van der Waals surface area contributed by atoms with Gasteiger partial charge in [-0.05, 0) is 12.8 Å². The van der Waals surface area contributed by atoms with Crippen molar-refractivity contribution < 1.29 is 9.53 Å². The van der Waals surface area contributed by atoms with Crippen LogP contribution in [0.2, 0.25) is 0 Å². The second-order valence-corrected chi connectivity index (χ2v) is 4.48. The molecule has 14 heavy (non-hydrogen) atoms. The predicted molar refractivity (Wildman–Crippen MR) is 54.0 cm³/mol. The molecule has 2 fully saturated rings. The molecule has 80 valence electrons. The average Bonchev–Trinajstić information content (AvgIpc) is 2.15. The Morgan fingerprint density at radius 2 is 1.86 bits per heavy atom. The van der Waals surface area contributed by atoms with E-state index in [1.165, 1.54) is 19.3 Å². The number of ether oxygens (including phenoxy) is 1. The van der Waals surface area contributed by atoms with Crippen molar-refractivity contribution in [2.45, 2.75) is 38.1 Å². The van der Waals surface area contributed by atoms with Gasteiger partial charge in [0, 0.05) is 13.0 Å². The van der Waals surface area contributed by atoms with Crippen molar-refractivity contribution in [3.05, 3.63) is 0 Å². The lowest BCUT2D eigenvalue weighted by atomic mass is 9.88. The van der Waals surface area contributed by atoms with Gasteiger partial charge in [0.15, 0.2) is 0 Å². The Morgan fingerprint density at radius 3 is 2.36 bits per heavy atom. The minimum Gasteiger partial charge on any atom is -0.377 e. The molecular weight excluding hydrogens is 178 g/mol. The monoisotopic (exact) mass is 197 g/mol. The lowest BCUT2D eigenvalue weighted by molar-refractivity contribution is -0.147. The molecule has 1 aliphatic heterocycles. The van der Waals surface area contributed by atoms with Crippen molar-refractivity contribution in [1.82, 2.24) is 4.90 Å². The predicted octanol–water partition coefficient (Wildman–Crippen LogP) is 1.42. The topological polar surface area (TPSA) is 29.5 Å². The smallest absolute Gasteiger partial charge is 0.225 e. The van der Waals surface area contributed by atoms with Gasteiger partial charge in [-0.15, -0.1) is 0 Å². The maximum Gasteiger partial charge on any atom is 0.225 e. The third-order valence-corrected chi connectivity index (χ3v) is 3.47. The standard InChI is InChI=1S/C11H19NO2/c1-12(10-7-14-8-10)11(13)9-5-3-2-4-6-9/h9-10H,2-8H2,1H3. The summed E-state index contributed by atoms with van der Waals surface area (Å²) in [7, 11) is 1.92. The number of carbonyl (C=O) groups is 1. The van der Waals surface area contributed by atoms with Gasteiger partial charge in [-0.25, -0.2) is 0 Å². The lowest BCUT2D eigenvalue weighted by Crippen LogP contribution is -2.51. The van der Waals surface area contributed by atoms with Crippen molar-refractivity contribution >= 4 is 5.91 Å². The highest BCUT2D eigenvalue weighted by atomic mass is 16.5. The van der Waals surface area contributed by atoms with E-state index in [9.17, 15) is 4.79 Å². The Bertz CT molecular complexity index is 203. The SMILES string of the molecule is CN(C(=O)C1CCCCC1)C1COC1. The molecule has 0 N–H and O–H groups in total. The molecule has 0 bridgehead atoms. The van der Waals surface area contributed by atoms with E-state index >= 15 is 0 Å². The van der Waals surface area contributed by atoms with Gasteiger partial charge in [-0.3, -0.25) is 4.79 Å². The van der Waals surface area contributed by atoms with E-state index in [0.29, 0.717) is 17.9 Å². The maximum absolute atomic E-state index is 12.0. The maximum atomic E-state index is 12.0. The van der Waals surface area contributed by atoms with Gasteiger partial charge in [0.1, 0.15) is 0 Å². The molecule has 3 heteroatoms. The number of rotatable bonds is 2. The van der Waals surface area contributed by atoms with Gasteiger partial charge < -0.3 is 9.64 Å². The van der Waals surface area contributed by atoms with Crippen LogP contribution in [0.1, 0.15) is 32.1 Å². The quantitative estimate of drug-likeness (QED) is 0.670. The van der Waals surface area contributed by atoms with E-state index in [1.54, 1.807) is 0 Å². The fourth-order valence-electron chi connectivity index (χ4n) is 2.26. The highest BCUT2D eigenvalue weighted by Crippen LogP contribution is 2.26. The Balaban J connectivity index is 1.85. The van der Waals surface area contributed by atoms with Gasteiger partial charge in [0.25, 0.3) is 0 Å². The largest absolute Gasteiger partial charge is 0.377 e. The van der Waals surface area contributed by atoms with Crippen LogP contribution >= 0.6 is 0 Å². The molecule has 3 nitrogen and oxygen atoms in total. The molecular formula is C11H19NO2. The summed E-state index contributed by atoms with van der Waals surface area (Å²) in [5.41, 5.74) is 0. The van der Waals surface area contributed by atoms with Crippen LogP contribution in [0.5, 0.6) is 0 Å². The lowest BCUT2D eigenvalue weighted by Gasteiger charge is -2.37. The zero-order valence-corrected chi connectivity index (χ0v) is 8.87. The molecule has 0 unspecified atom stereocenters. The summed E-state index contributed by atoms with van der Waals surface area (Å²) >= 11 is 0. The van der Waals surface area contributed by atoms with Crippen molar-refractivity contribution in [3.8, 4) is 0 Å². The molecule has 0 radical (unpaired) electrons. The fourth-order valence-corrected chi connectivity index (χ4v) is 2.26. The zero-order chi connectivity index (χ0) is 9.97. The normalized spacial score (nSPS) is 24.4. The molecule has 0 spiro atoms. The van der Waals surface area contributed by atoms with Crippen LogP contribution in [0, 0.1) is 5.92 Å². The highest BCUT2D eigenvalue weighted by molar-refractivity contribution is 5.79. The Kier molecular flexibility index (Phi) is 3.06. The molecule has 0 aromatic heterocycles. The second kappa shape index (κ2) is 4.30. The summed E-state index contributed by atoms with van der Waals surface area (Å²) in [6, 6.07) is 0.351. The first-order valence-electron chi connectivity index (χ1n) is 5.63. The molecule has 2 rings (SSSR count). The minimum atomic E-state index is 0.300. The molecule has 0 aromatic rings. The van der Waals surface area contributed by atoms with E-state index in [-0.39, 0.29) is 0 Å². The van der Waals surface area contributed by atoms with Crippen LogP contribution in [-0.4, -0.2) is 37.1 Å². The molecule has 2 aliphatic rings. The van der Waals surface area contributed by atoms with Gasteiger partial charge in [-0.1, -0.05) is 19.3 Å². The van der Waals surface area contributed by atoms with Crippen molar-refractivity contribution in [2.24, 2.45) is 5.92 Å². The molecule has 0 atom stereocenters. The van der Waals surface area contributed by atoms with Gasteiger partial charge in [0.2, 0.25) is 5.91 Å². The van der Waals surface area contributed by atoms with Gasteiger partial charge in [-0.2, -0.15) is 0 Å². The summed E-state index contributed by atoms with van der Waals surface area (Å²) in [6.07, 6.45) is 5.95. The Hall–Kier alpha value is -0.570. The van der Waals surface area contributed by atoms with Crippen LogP contribution in [-0.2, 0) is 9.53 Å². The van der Waals surface area contributed by atoms with Crippen LogP contribution in [0.15, 0.2) is 0 Å². The van der Waals surface area contributed by atoms with Gasteiger partial charge in [0.05, 0.1) is 19.3 Å².